The van der Waals surface area contributed by atoms with Crippen molar-refractivity contribution in [3.63, 3.8) is 0 Å². The molecule has 1 saturated heterocycles. The maximum Gasteiger partial charge on any atom is 0.268 e. The number of anilines is 1. The normalized spacial score (nSPS) is 13.5. The SMILES string of the molecule is COc1cc(NC(=O)Cc2cccc(-n3c(=O)c4c(CN5CCSC5)onc4c4c(Cl)cccc43)c2)cc(OC)c1OC. The Morgan fingerprint density at radius 1 is 1.05 bits per heavy atom. The largest absolute Gasteiger partial charge is 0.493 e. The van der Waals surface area contributed by atoms with E-state index in [1.807, 2.05) is 42.1 Å². The van der Waals surface area contributed by atoms with Crippen molar-refractivity contribution in [3.8, 4) is 22.9 Å². The van der Waals surface area contributed by atoms with Crippen LogP contribution in [0.5, 0.6) is 17.2 Å². The predicted molar refractivity (Wildman–Crippen MR) is 168 cm³/mol. The lowest BCUT2D eigenvalue weighted by molar-refractivity contribution is -0.115. The summed E-state index contributed by atoms with van der Waals surface area (Å²) in [6.45, 7) is 1.39. The Balaban J connectivity index is 1.36. The standard InChI is InChI=1S/C31H29ClN4O6S/c1-39-23-14-19(15-24(40-2)30(23)41-3)33-26(37)13-18-6-4-7-20(12-18)36-22-9-5-8-21(32)27(22)29-28(31(36)38)25(42-34-29)16-35-10-11-43-17-35/h4-9,12,14-15H,10-11,13,16-17H2,1-3H3,(H,33,37). The first-order valence-electron chi connectivity index (χ1n) is 13.5. The van der Waals surface area contributed by atoms with E-state index < -0.39 is 0 Å². The first-order valence-corrected chi connectivity index (χ1v) is 15.1. The van der Waals surface area contributed by atoms with Gasteiger partial charge in [0.05, 0.1) is 44.8 Å². The van der Waals surface area contributed by atoms with Gasteiger partial charge in [0.25, 0.3) is 5.56 Å². The first-order chi connectivity index (χ1) is 20.9. The Kier molecular flexibility index (Phi) is 8.20. The fourth-order valence-corrected chi connectivity index (χ4v) is 6.62. The molecular formula is C31H29ClN4O6S. The molecule has 43 heavy (non-hydrogen) atoms. The Morgan fingerprint density at radius 3 is 2.51 bits per heavy atom. The molecule has 6 rings (SSSR count). The molecule has 0 radical (unpaired) electrons. The number of thioether (sulfide) groups is 1. The van der Waals surface area contributed by atoms with Crippen molar-refractivity contribution in [1.82, 2.24) is 14.6 Å². The van der Waals surface area contributed by atoms with Crippen molar-refractivity contribution in [2.75, 3.05) is 44.8 Å². The molecule has 1 aliphatic heterocycles. The molecule has 3 aromatic carbocycles. The highest BCUT2D eigenvalue weighted by Crippen LogP contribution is 2.40. The van der Waals surface area contributed by atoms with Crippen molar-refractivity contribution in [2.45, 2.75) is 13.0 Å². The molecule has 12 heteroatoms. The van der Waals surface area contributed by atoms with E-state index in [9.17, 15) is 9.59 Å². The number of ether oxygens (including phenoxy) is 3. The summed E-state index contributed by atoms with van der Waals surface area (Å²) in [7, 11) is 4.54. The molecule has 2 aromatic heterocycles. The third-order valence-corrected chi connectivity index (χ3v) is 8.66. The van der Waals surface area contributed by atoms with Gasteiger partial charge in [0.15, 0.2) is 17.3 Å². The summed E-state index contributed by atoms with van der Waals surface area (Å²) in [5, 5.41) is 8.69. The highest BCUT2D eigenvalue weighted by Gasteiger charge is 2.24. The van der Waals surface area contributed by atoms with Crippen LogP contribution in [0.25, 0.3) is 27.5 Å². The number of benzene rings is 3. The second-order valence-corrected chi connectivity index (χ2v) is 11.5. The molecule has 0 aliphatic carbocycles. The maximum atomic E-state index is 14.1. The van der Waals surface area contributed by atoms with Gasteiger partial charge in [0.1, 0.15) is 10.9 Å². The molecule has 5 aromatic rings. The van der Waals surface area contributed by atoms with Gasteiger partial charge in [-0.2, -0.15) is 0 Å². The minimum atomic E-state index is -0.258. The molecule has 0 saturated carbocycles. The lowest BCUT2D eigenvalue weighted by Gasteiger charge is -2.15. The topological polar surface area (TPSA) is 108 Å². The molecule has 1 N–H and O–H groups in total. The van der Waals surface area contributed by atoms with Gasteiger partial charge in [-0.05, 0) is 29.8 Å². The van der Waals surface area contributed by atoms with E-state index in [1.165, 1.54) is 21.3 Å². The number of pyridine rings is 1. The number of methoxy groups -OCH3 is 3. The van der Waals surface area contributed by atoms with E-state index in [2.05, 4.69) is 15.4 Å². The van der Waals surface area contributed by atoms with Gasteiger partial charge < -0.3 is 24.1 Å². The number of hydrogen-bond donors (Lipinski definition) is 1. The highest BCUT2D eigenvalue weighted by atomic mass is 35.5. The van der Waals surface area contributed by atoms with Crippen LogP contribution in [-0.2, 0) is 17.8 Å². The Hall–Kier alpha value is -4.19. The van der Waals surface area contributed by atoms with Crippen LogP contribution in [0.15, 0.2) is 63.9 Å². The summed E-state index contributed by atoms with van der Waals surface area (Å²) in [6, 6.07) is 16.0. The van der Waals surface area contributed by atoms with Crippen molar-refractivity contribution < 1.29 is 23.5 Å². The van der Waals surface area contributed by atoms with Crippen LogP contribution in [0.3, 0.4) is 0 Å². The second-order valence-electron chi connectivity index (χ2n) is 10.0. The number of aromatic nitrogens is 2. The summed E-state index contributed by atoms with van der Waals surface area (Å²) in [6.07, 6.45) is 0.0608. The summed E-state index contributed by atoms with van der Waals surface area (Å²) in [4.78, 5) is 29.5. The minimum absolute atomic E-state index is 0.0608. The number of carbonyl (C=O) groups is 1. The van der Waals surface area contributed by atoms with E-state index in [0.717, 1.165) is 18.2 Å². The molecule has 0 atom stereocenters. The fraction of sp³-hybridized carbons (Fsp3) is 0.258. The average molecular weight is 621 g/mol. The van der Waals surface area contributed by atoms with Gasteiger partial charge in [0.2, 0.25) is 11.7 Å². The number of hydrogen-bond acceptors (Lipinski definition) is 9. The maximum absolute atomic E-state index is 14.1. The lowest BCUT2D eigenvalue weighted by atomic mass is 10.1. The zero-order valence-electron chi connectivity index (χ0n) is 23.8. The average Bonchev–Trinajstić information content (AvgIpc) is 3.67. The molecule has 222 valence electrons. The number of halogens is 1. The highest BCUT2D eigenvalue weighted by molar-refractivity contribution is 7.99. The van der Waals surface area contributed by atoms with Crippen LogP contribution in [0.4, 0.5) is 5.69 Å². The second kappa shape index (κ2) is 12.2. The Morgan fingerprint density at radius 2 is 1.81 bits per heavy atom. The number of rotatable bonds is 9. The molecule has 1 amide bonds. The third kappa shape index (κ3) is 5.51. The van der Waals surface area contributed by atoms with Crippen LogP contribution in [0.2, 0.25) is 5.02 Å². The zero-order chi connectivity index (χ0) is 30.1. The van der Waals surface area contributed by atoms with Gasteiger partial charge in [-0.25, -0.2) is 0 Å². The minimum Gasteiger partial charge on any atom is -0.493 e. The fourth-order valence-electron chi connectivity index (χ4n) is 5.36. The number of carbonyl (C=O) groups excluding carboxylic acids is 1. The quantitative estimate of drug-likeness (QED) is 0.229. The van der Waals surface area contributed by atoms with E-state index >= 15 is 0 Å². The molecule has 0 bridgehead atoms. The number of amides is 1. The monoisotopic (exact) mass is 620 g/mol. The van der Waals surface area contributed by atoms with E-state index in [-0.39, 0.29) is 17.9 Å². The van der Waals surface area contributed by atoms with Crippen molar-refractivity contribution in [2.24, 2.45) is 0 Å². The van der Waals surface area contributed by atoms with Crippen LogP contribution in [0, 0.1) is 0 Å². The Bertz CT molecular complexity index is 1870. The van der Waals surface area contributed by atoms with E-state index in [1.54, 1.807) is 28.8 Å². The van der Waals surface area contributed by atoms with Gasteiger partial charge >= 0.3 is 0 Å². The molecule has 3 heterocycles. The van der Waals surface area contributed by atoms with Crippen LogP contribution >= 0.6 is 23.4 Å². The van der Waals surface area contributed by atoms with Crippen LogP contribution in [-0.4, -0.2) is 60.0 Å². The molecule has 0 spiro atoms. The zero-order valence-corrected chi connectivity index (χ0v) is 25.4. The number of nitrogens with zero attached hydrogens (tertiary/aromatic N) is 3. The smallest absolute Gasteiger partial charge is 0.268 e. The van der Waals surface area contributed by atoms with Crippen LogP contribution < -0.4 is 25.1 Å². The summed E-state index contributed by atoms with van der Waals surface area (Å²) < 4.78 is 23.5. The van der Waals surface area contributed by atoms with E-state index in [0.29, 0.717) is 73.3 Å². The summed E-state index contributed by atoms with van der Waals surface area (Å²) in [5.41, 5.74) is 2.59. The van der Waals surface area contributed by atoms with Gasteiger partial charge in [-0.1, -0.05) is 35.0 Å². The van der Waals surface area contributed by atoms with Gasteiger partial charge in [0, 0.05) is 47.1 Å². The molecule has 1 fully saturated rings. The molecule has 0 unspecified atom stereocenters. The van der Waals surface area contributed by atoms with E-state index in [4.69, 9.17) is 30.3 Å². The number of nitrogens with one attached hydrogen (secondary N) is 1. The van der Waals surface area contributed by atoms with Gasteiger partial charge in [-0.3, -0.25) is 19.1 Å². The molecule has 1 aliphatic rings. The lowest BCUT2D eigenvalue weighted by Crippen LogP contribution is -2.23. The summed E-state index contributed by atoms with van der Waals surface area (Å²) in [5.74, 6) is 3.44. The third-order valence-electron chi connectivity index (χ3n) is 7.32. The van der Waals surface area contributed by atoms with Crippen molar-refractivity contribution >= 4 is 56.8 Å². The van der Waals surface area contributed by atoms with Crippen molar-refractivity contribution in [1.29, 1.82) is 0 Å². The Labute approximate surface area is 256 Å². The summed E-state index contributed by atoms with van der Waals surface area (Å²) >= 11 is 8.52. The van der Waals surface area contributed by atoms with Gasteiger partial charge in [-0.15, -0.1) is 11.8 Å². The number of fused-ring (bicyclic) bond motifs is 3. The molecule has 10 nitrogen and oxygen atoms in total. The van der Waals surface area contributed by atoms with Crippen molar-refractivity contribution in [3.05, 3.63) is 81.3 Å². The molecular weight excluding hydrogens is 592 g/mol. The predicted octanol–water partition coefficient (Wildman–Crippen LogP) is 5.50. The first kappa shape index (κ1) is 28.9. The van der Waals surface area contributed by atoms with Crippen LogP contribution in [0.1, 0.15) is 11.3 Å².